The zero-order chi connectivity index (χ0) is 16.7. The van der Waals surface area contributed by atoms with Crippen LogP contribution in [0.1, 0.15) is 11.1 Å². The maximum absolute atomic E-state index is 11.7. The average molecular weight is 347 g/mol. The number of carboxylic acids is 1. The van der Waals surface area contributed by atoms with Gasteiger partial charge in [0.1, 0.15) is 6.23 Å². The summed E-state index contributed by atoms with van der Waals surface area (Å²) in [6, 6.07) is 3.69. The number of carbonyl (C=O) groups is 1. The fourth-order valence-electron chi connectivity index (χ4n) is 3.73. The van der Waals surface area contributed by atoms with Crippen molar-refractivity contribution in [1.82, 2.24) is 20.1 Å². The summed E-state index contributed by atoms with van der Waals surface area (Å²) in [4.78, 5) is 20.3. The van der Waals surface area contributed by atoms with Crippen molar-refractivity contribution in [2.45, 2.75) is 6.23 Å². The van der Waals surface area contributed by atoms with Gasteiger partial charge in [-0.25, -0.2) is 0 Å². The number of rotatable bonds is 4. The Morgan fingerprint density at radius 1 is 1.42 bits per heavy atom. The van der Waals surface area contributed by atoms with Gasteiger partial charge in [-0.2, -0.15) is 5.10 Å². The molecule has 9 heteroatoms. The third kappa shape index (κ3) is 2.45. The molecule has 2 unspecified atom stereocenters. The predicted molar refractivity (Wildman–Crippen MR) is 86.5 cm³/mol. The molecule has 2 fully saturated rings. The van der Waals surface area contributed by atoms with Crippen molar-refractivity contribution in [2.75, 3.05) is 31.1 Å². The lowest BCUT2D eigenvalue weighted by atomic mass is 9.71. The average Bonchev–Trinajstić information content (AvgIpc) is 3.21. The molecule has 2 aromatic rings. The van der Waals surface area contributed by atoms with Gasteiger partial charge < -0.3 is 15.1 Å². The third-order valence-electron chi connectivity index (χ3n) is 4.92. The van der Waals surface area contributed by atoms with Gasteiger partial charge in [-0.15, -0.1) is 16.4 Å². The molecule has 2 aliphatic rings. The van der Waals surface area contributed by atoms with Gasteiger partial charge >= 0.3 is 5.97 Å². The summed E-state index contributed by atoms with van der Waals surface area (Å²) < 4.78 is 0. The zero-order valence-electron chi connectivity index (χ0n) is 12.8. The number of carboxylic acid groups (broad SMARTS) is 1. The summed E-state index contributed by atoms with van der Waals surface area (Å²) in [7, 11) is 0. The number of thiazole rings is 1. The highest BCUT2D eigenvalue weighted by molar-refractivity contribution is 7.09. The van der Waals surface area contributed by atoms with Crippen LogP contribution in [-0.4, -0.2) is 62.4 Å². The minimum atomic E-state index is -0.812. The molecule has 0 amide bonds. The molecule has 2 atom stereocenters. The van der Waals surface area contributed by atoms with Crippen LogP contribution in [0.15, 0.2) is 30.0 Å². The van der Waals surface area contributed by atoms with Gasteiger partial charge in [-0.1, -0.05) is 0 Å². The molecule has 0 bridgehead atoms. The Balaban J connectivity index is 1.52. The van der Waals surface area contributed by atoms with Crippen LogP contribution in [0.2, 0.25) is 0 Å². The topological polar surface area (TPSA) is 103 Å². The van der Waals surface area contributed by atoms with Crippen molar-refractivity contribution in [3.63, 3.8) is 0 Å². The molecule has 2 saturated heterocycles. The van der Waals surface area contributed by atoms with Crippen LogP contribution in [0.25, 0.3) is 0 Å². The number of hydrogen-bond acceptors (Lipinski definition) is 8. The van der Waals surface area contributed by atoms with E-state index in [4.69, 9.17) is 0 Å². The fourth-order valence-corrected chi connectivity index (χ4v) is 4.36. The van der Waals surface area contributed by atoms with Crippen LogP contribution in [0.5, 0.6) is 0 Å². The van der Waals surface area contributed by atoms with Crippen molar-refractivity contribution >= 4 is 23.1 Å². The van der Waals surface area contributed by atoms with E-state index in [0.29, 0.717) is 26.2 Å². The van der Waals surface area contributed by atoms with Crippen LogP contribution < -0.4 is 4.90 Å². The second kappa shape index (κ2) is 5.76. The number of aliphatic carboxylic acids is 1. The molecule has 0 saturated carbocycles. The van der Waals surface area contributed by atoms with E-state index >= 15 is 0 Å². The minimum Gasteiger partial charge on any atom is -0.481 e. The molecule has 2 aliphatic heterocycles. The van der Waals surface area contributed by atoms with Gasteiger partial charge in [0, 0.05) is 44.0 Å². The summed E-state index contributed by atoms with van der Waals surface area (Å²) in [5.74, 6) is -0.561. The first-order valence-corrected chi connectivity index (χ1v) is 8.53. The first kappa shape index (κ1) is 15.4. The van der Waals surface area contributed by atoms with E-state index in [-0.39, 0.29) is 5.41 Å². The van der Waals surface area contributed by atoms with E-state index in [1.807, 2.05) is 21.9 Å². The Hall–Kier alpha value is -2.10. The number of anilines is 1. The number of aliphatic hydroxyl groups is 1. The number of aromatic nitrogens is 3. The summed E-state index contributed by atoms with van der Waals surface area (Å²) >= 11 is 1.37. The molecule has 0 radical (unpaired) electrons. The molecule has 4 heterocycles. The Morgan fingerprint density at radius 2 is 2.25 bits per heavy atom. The number of likely N-dealkylation sites (tertiary alicyclic amines) is 1. The SMILES string of the molecule is O=C(O)C1CN(C(O)c2cncs2)CC12CN(c1cccnn1)C2. The predicted octanol–water partition coefficient (Wildman–Crippen LogP) is 0.447. The number of nitrogens with zero attached hydrogens (tertiary/aromatic N) is 5. The first-order valence-electron chi connectivity index (χ1n) is 7.65. The smallest absolute Gasteiger partial charge is 0.308 e. The van der Waals surface area contributed by atoms with Gasteiger partial charge in [0.15, 0.2) is 5.82 Å². The number of hydrogen-bond donors (Lipinski definition) is 2. The highest BCUT2D eigenvalue weighted by Gasteiger charge is 2.58. The second-order valence-electron chi connectivity index (χ2n) is 6.40. The molecule has 4 rings (SSSR count). The van der Waals surface area contributed by atoms with E-state index in [2.05, 4.69) is 15.2 Å². The second-order valence-corrected chi connectivity index (χ2v) is 7.32. The Labute approximate surface area is 142 Å². The maximum atomic E-state index is 11.7. The molecule has 2 aromatic heterocycles. The van der Waals surface area contributed by atoms with Crippen LogP contribution in [-0.2, 0) is 4.79 Å². The lowest BCUT2D eigenvalue weighted by Gasteiger charge is -2.50. The van der Waals surface area contributed by atoms with E-state index in [1.54, 1.807) is 17.9 Å². The summed E-state index contributed by atoms with van der Waals surface area (Å²) in [5, 5.41) is 28.1. The molecular weight excluding hydrogens is 330 g/mol. The molecule has 8 nitrogen and oxygen atoms in total. The van der Waals surface area contributed by atoms with Crippen molar-refractivity contribution in [2.24, 2.45) is 11.3 Å². The Morgan fingerprint density at radius 3 is 2.88 bits per heavy atom. The van der Waals surface area contributed by atoms with E-state index in [9.17, 15) is 15.0 Å². The summed E-state index contributed by atoms with van der Waals surface area (Å²) in [5.41, 5.74) is 1.30. The summed E-state index contributed by atoms with van der Waals surface area (Å²) in [6.07, 6.45) is 2.44. The third-order valence-corrected chi connectivity index (χ3v) is 5.73. The molecule has 126 valence electrons. The fraction of sp³-hybridized carbons (Fsp3) is 0.467. The van der Waals surface area contributed by atoms with Gasteiger partial charge in [-0.05, 0) is 12.1 Å². The maximum Gasteiger partial charge on any atom is 0.308 e. The monoisotopic (exact) mass is 347 g/mol. The lowest BCUT2D eigenvalue weighted by Crippen LogP contribution is -2.62. The van der Waals surface area contributed by atoms with E-state index < -0.39 is 18.1 Å². The van der Waals surface area contributed by atoms with Gasteiger partial charge in [-0.3, -0.25) is 14.7 Å². The van der Waals surface area contributed by atoms with Crippen molar-refractivity contribution in [1.29, 1.82) is 0 Å². The van der Waals surface area contributed by atoms with Crippen molar-refractivity contribution in [3.05, 3.63) is 34.9 Å². The van der Waals surface area contributed by atoms with E-state index in [1.165, 1.54) is 11.3 Å². The standard InChI is InChI=1S/C15H17N5O3S/c21-13(11-4-16-9-24-11)19-5-10(14(22)23)15(6-19)7-20(8-15)12-2-1-3-17-18-12/h1-4,9-10,13,21H,5-8H2,(H,22,23). The van der Waals surface area contributed by atoms with Crippen LogP contribution in [0.3, 0.4) is 0 Å². The molecule has 24 heavy (non-hydrogen) atoms. The Bertz CT molecular complexity index is 720. The summed E-state index contributed by atoms with van der Waals surface area (Å²) in [6.45, 7) is 2.09. The highest BCUT2D eigenvalue weighted by Crippen LogP contribution is 2.47. The first-order chi connectivity index (χ1) is 11.6. The van der Waals surface area contributed by atoms with Crippen LogP contribution >= 0.6 is 11.3 Å². The molecule has 2 N–H and O–H groups in total. The van der Waals surface area contributed by atoms with Crippen LogP contribution in [0.4, 0.5) is 5.82 Å². The van der Waals surface area contributed by atoms with Crippen molar-refractivity contribution in [3.8, 4) is 0 Å². The van der Waals surface area contributed by atoms with Gasteiger partial charge in [0.2, 0.25) is 0 Å². The lowest BCUT2D eigenvalue weighted by molar-refractivity contribution is -0.145. The van der Waals surface area contributed by atoms with E-state index in [0.717, 1.165) is 10.7 Å². The van der Waals surface area contributed by atoms with Gasteiger partial charge in [0.05, 0.1) is 16.3 Å². The molecule has 0 aromatic carbocycles. The molecule has 1 spiro atoms. The molecular formula is C15H17N5O3S. The minimum absolute atomic E-state index is 0.336. The largest absolute Gasteiger partial charge is 0.481 e. The van der Waals surface area contributed by atoms with Crippen molar-refractivity contribution < 1.29 is 15.0 Å². The zero-order valence-corrected chi connectivity index (χ0v) is 13.6. The number of aliphatic hydroxyl groups excluding tert-OH is 1. The van der Waals surface area contributed by atoms with Crippen LogP contribution in [0, 0.1) is 11.3 Å². The normalized spacial score (nSPS) is 24.0. The van der Waals surface area contributed by atoms with Gasteiger partial charge in [0.25, 0.3) is 0 Å². The quantitative estimate of drug-likeness (QED) is 0.822. The highest BCUT2D eigenvalue weighted by atomic mass is 32.1. The Kier molecular flexibility index (Phi) is 3.70. The molecule has 0 aliphatic carbocycles.